The lowest BCUT2D eigenvalue weighted by molar-refractivity contribution is -0.0767. The molecule has 1 saturated heterocycles. The minimum absolute atomic E-state index is 0.107. The molecule has 1 spiro atoms. The van der Waals surface area contributed by atoms with Crippen molar-refractivity contribution in [2.24, 2.45) is 0 Å². The van der Waals surface area contributed by atoms with Crippen LogP contribution in [0.3, 0.4) is 0 Å². The van der Waals surface area contributed by atoms with Crippen LogP contribution in [0.2, 0.25) is 0 Å². The third kappa shape index (κ3) is 2.98. The highest BCUT2D eigenvalue weighted by Crippen LogP contribution is 2.41. The van der Waals surface area contributed by atoms with E-state index in [0.29, 0.717) is 11.6 Å². The fourth-order valence-corrected chi connectivity index (χ4v) is 3.62. The summed E-state index contributed by atoms with van der Waals surface area (Å²) in [7, 11) is 1.64. The van der Waals surface area contributed by atoms with E-state index in [-0.39, 0.29) is 5.60 Å². The molecule has 0 aromatic heterocycles. The monoisotopic (exact) mass is 286 g/mol. The fourth-order valence-electron chi connectivity index (χ4n) is 3.62. The lowest BCUT2D eigenvalue weighted by atomic mass is 9.89. The molecular formula is C17H22N2O2. The van der Waals surface area contributed by atoms with Gasteiger partial charge in [-0.3, -0.25) is 0 Å². The normalized spacial score (nSPS) is 23.7. The molecule has 1 aliphatic carbocycles. The van der Waals surface area contributed by atoms with Gasteiger partial charge in [-0.15, -0.1) is 0 Å². The van der Waals surface area contributed by atoms with Crippen LogP contribution in [0.25, 0.3) is 0 Å². The maximum atomic E-state index is 8.97. The summed E-state index contributed by atoms with van der Waals surface area (Å²) in [6, 6.07) is 8.11. The summed E-state index contributed by atoms with van der Waals surface area (Å²) in [6.07, 6.45) is 7.03. The molecule has 1 heterocycles. The maximum absolute atomic E-state index is 8.97. The SMILES string of the molecule is COc1cc(C#N)ccc1NC1CCOC2(CCCC2)C1. The summed E-state index contributed by atoms with van der Waals surface area (Å²) in [5.74, 6) is 0.737. The molecule has 1 saturated carbocycles. The van der Waals surface area contributed by atoms with Crippen molar-refractivity contribution < 1.29 is 9.47 Å². The Balaban J connectivity index is 1.73. The van der Waals surface area contributed by atoms with Crippen LogP contribution >= 0.6 is 0 Å². The molecular weight excluding hydrogens is 264 g/mol. The number of hydrogen-bond donors (Lipinski definition) is 1. The molecule has 1 atom stereocenters. The molecule has 2 fully saturated rings. The summed E-state index contributed by atoms with van der Waals surface area (Å²) in [4.78, 5) is 0. The van der Waals surface area contributed by atoms with Gasteiger partial charge in [-0.1, -0.05) is 12.8 Å². The molecule has 4 nitrogen and oxygen atoms in total. The molecule has 0 amide bonds. The van der Waals surface area contributed by atoms with Gasteiger partial charge in [0.25, 0.3) is 0 Å². The van der Waals surface area contributed by atoms with E-state index in [0.717, 1.165) is 30.9 Å². The smallest absolute Gasteiger partial charge is 0.143 e. The summed E-state index contributed by atoms with van der Waals surface area (Å²) in [5.41, 5.74) is 1.70. The molecule has 1 aromatic rings. The minimum Gasteiger partial charge on any atom is -0.495 e. The highest BCUT2D eigenvalue weighted by atomic mass is 16.5. The number of rotatable bonds is 3. The van der Waals surface area contributed by atoms with Crippen LogP contribution in [-0.2, 0) is 4.74 Å². The molecule has 2 aliphatic rings. The number of methoxy groups -OCH3 is 1. The summed E-state index contributed by atoms with van der Waals surface area (Å²) in [6.45, 7) is 0.830. The van der Waals surface area contributed by atoms with E-state index in [4.69, 9.17) is 14.7 Å². The van der Waals surface area contributed by atoms with Gasteiger partial charge in [0.05, 0.1) is 30.0 Å². The minimum atomic E-state index is 0.107. The Bertz CT molecular complexity index is 544. The van der Waals surface area contributed by atoms with Crippen molar-refractivity contribution in [3.63, 3.8) is 0 Å². The van der Waals surface area contributed by atoms with Crippen molar-refractivity contribution in [2.75, 3.05) is 19.0 Å². The van der Waals surface area contributed by atoms with Gasteiger partial charge in [0, 0.05) is 18.7 Å². The average Bonchev–Trinajstić information content (AvgIpc) is 2.95. The Morgan fingerprint density at radius 3 is 2.90 bits per heavy atom. The number of nitrogens with zero attached hydrogens (tertiary/aromatic N) is 1. The zero-order valence-corrected chi connectivity index (χ0v) is 12.5. The summed E-state index contributed by atoms with van der Waals surface area (Å²) in [5, 5.41) is 12.6. The Morgan fingerprint density at radius 1 is 1.38 bits per heavy atom. The maximum Gasteiger partial charge on any atom is 0.143 e. The van der Waals surface area contributed by atoms with E-state index < -0.39 is 0 Å². The van der Waals surface area contributed by atoms with Crippen LogP contribution in [0.1, 0.15) is 44.1 Å². The van der Waals surface area contributed by atoms with Crippen molar-refractivity contribution in [3.05, 3.63) is 23.8 Å². The molecule has 4 heteroatoms. The quantitative estimate of drug-likeness (QED) is 0.924. The largest absolute Gasteiger partial charge is 0.495 e. The molecule has 21 heavy (non-hydrogen) atoms. The highest BCUT2D eigenvalue weighted by Gasteiger charge is 2.39. The third-order valence-electron chi connectivity index (χ3n) is 4.70. The predicted octanol–water partition coefficient (Wildman–Crippen LogP) is 3.47. The first kappa shape index (κ1) is 14.2. The van der Waals surface area contributed by atoms with Crippen LogP contribution in [0, 0.1) is 11.3 Å². The van der Waals surface area contributed by atoms with Crippen molar-refractivity contribution >= 4 is 5.69 Å². The number of nitriles is 1. The summed E-state index contributed by atoms with van der Waals surface area (Å²) < 4.78 is 11.5. The van der Waals surface area contributed by atoms with Gasteiger partial charge in [0.2, 0.25) is 0 Å². The lowest BCUT2D eigenvalue weighted by Gasteiger charge is -2.39. The van der Waals surface area contributed by atoms with E-state index in [2.05, 4.69) is 11.4 Å². The van der Waals surface area contributed by atoms with Gasteiger partial charge in [0.1, 0.15) is 5.75 Å². The van der Waals surface area contributed by atoms with Crippen molar-refractivity contribution in [2.45, 2.75) is 50.2 Å². The van der Waals surface area contributed by atoms with Gasteiger partial charge < -0.3 is 14.8 Å². The van der Waals surface area contributed by atoms with Gasteiger partial charge in [0.15, 0.2) is 0 Å². The Labute approximate surface area is 126 Å². The van der Waals surface area contributed by atoms with Gasteiger partial charge >= 0.3 is 0 Å². The van der Waals surface area contributed by atoms with Crippen molar-refractivity contribution in [1.29, 1.82) is 5.26 Å². The van der Waals surface area contributed by atoms with Crippen LogP contribution in [0.15, 0.2) is 18.2 Å². The van der Waals surface area contributed by atoms with Crippen LogP contribution in [-0.4, -0.2) is 25.4 Å². The second-order valence-corrected chi connectivity index (χ2v) is 6.10. The standard InChI is InChI=1S/C17H22N2O2/c1-20-16-10-13(12-18)4-5-15(16)19-14-6-9-21-17(11-14)7-2-3-8-17/h4-5,10,14,19H,2-3,6-9,11H2,1H3. The van der Waals surface area contributed by atoms with E-state index >= 15 is 0 Å². The van der Waals surface area contributed by atoms with Gasteiger partial charge in [-0.05, 0) is 37.8 Å². The van der Waals surface area contributed by atoms with E-state index in [1.807, 2.05) is 12.1 Å². The zero-order chi connectivity index (χ0) is 14.7. The number of hydrogen-bond acceptors (Lipinski definition) is 4. The highest BCUT2D eigenvalue weighted by molar-refractivity contribution is 5.60. The van der Waals surface area contributed by atoms with Gasteiger partial charge in [-0.25, -0.2) is 0 Å². The average molecular weight is 286 g/mol. The van der Waals surface area contributed by atoms with Crippen molar-refractivity contribution in [3.8, 4) is 11.8 Å². The molecule has 1 aliphatic heterocycles. The second kappa shape index (κ2) is 5.95. The van der Waals surface area contributed by atoms with E-state index in [9.17, 15) is 0 Å². The van der Waals surface area contributed by atoms with Crippen LogP contribution < -0.4 is 10.1 Å². The molecule has 0 radical (unpaired) electrons. The molecule has 1 aromatic carbocycles. The van der Waals surface area contributed by atoms with Gasteiger partial charge in [-0.2, -0.15) is 5.26 Å². The molecule has 1 unspecified atom stereocenters. The number of benzene rings is 1. The predicted molar refractivity (Wildman–Crippen MR) is 81.5 cm³/mol. The topological polar surface area (TPSA) is 54.3 Å². The van der Waals surface area contributed by atoms with E-state index in [1.165, 1.54) is 25.7 Å². The molecule has 0 bridgehead atoms. The zero-order valence-electron chi connectivity index (χ0n) is 12.5. The first-order valence-electron chi connectivity index (χ1n) is 7.73. The van der Waals surface area contributed by atoms with Crippen molar-refractivity contribution in [1.82, 2.24) is 0 Å². The number of ether oxygens (including phenoxy) is 2. The second-order valence-electron chi connectivity index (χ2n) is 6.10. The molecule has 112 valence electrons. The first-order chi connectivity index (χ1) is 10.2. The lowest BCUT2D eigenvalue weighted by Crippen LogP contribution is -2.42. The first-order valence-corrected chi connectivity index (χ1v) is 7.73. The molecule has 1 N–H and O–H groups in total. The Morgan fingerprint density at radius 2 is 2.19 bits per heavy atom. The fraction of sp³-hybridized carbons (Fsp3) is 0.588. The third-order valence-corrected chi connectivity index (χ3v) is 4.70. The van der Waals surface area contributed by atoms with E-state index in [1.54, 1.807) is 13.2 Å². The Kier molecular flexibility index (Phi) is 4.03. The van der Waals surface area contributed by atoms with Crippen LogP contribution in [0.5, 0.6) is 5.75 Å². The molecule has 3 rings (SSSR count). The summed E-state index contributed by atoms with van der Waals surface area (Å²) >= 11 is 0. The Hall–Kier alpha value is -1.73. The van der Waals surface area contributed by atoms with Crippen LogP contribution in [0.4, 0.5) is 5.69 Å². The number of nitrogens with one attached hydrogen (secondary N) is 1. The number of anilines is 1.